The van der Waals surface area contributed by atoms with Gasteiger partial charge in [0.05, 0.1) is 18.6 Å². The average molecular weight is 284 g/mol. The Labute approximate surface area is 119 Å². The van der Waals surface area contributed by atoms with Crippen molar-refractivity contribution in [1.29, 1.82) is 0 Å². The first-order valence-corrected chi connectivity index (χ1v) is 7.32. The van der Waals surface area contributed by atoms with Gasteiger partial charge in [-0.1, -0.05) is 12.8 Å². The second kappa shape index (κ2) is 6.43. The number of carboxylic acids is 1. The Hall–Kier alpha value is -1.30. The molecule has 20 heavy (non-hydrogen) atoms. The van der Waals surface area contributed by atoms with Crippen LogP contribution in [0, 0.1) is 5.92 Å². The third-order valence-corrected chi connectivity index (χ3v) is 4.40. The van der Waals surface area contributed by atoms with Crippen LogP contribution in [0.5, 0.6) is 0 Å². The van der Waals surface area contributed by atoms with Crippen molar-refractivity contribution in [3.05, 3.63) is 0 Å². The van der Waals surface area contributed by atoms with Crippen molar-refractivity contribution in [1.82, 2.24) is 10.2 Å². The monoisotopic (exact) mass is 284 g/mol. The summed E-state index contributed by atoms with van der Waals surface area (Å²) in [4.78, 5) is 25.1. The summed E-state index contributed by atoms with van der Waals surface area (Å²) in [5, 5.41) is 12.0. The lowest BCUT2D eigenvalue weighted by atomic mass is 9.93. The van der Waals surface area contributed by atoms with E-state index < -0.39 is 11.5 Å². The molecule has 6 heteroatoms. The summed E-state index contributed by atoms with van der Waals surface area (Å²) in [6, 6.07) is -0.119. The van der Waals surface area contributed by atoms with Crippen molar-refractivity contribution in [2.24, 2.45) is 5.92 Å². The van der Waals surface area contributed by atoms with Crippen LogP contribution in [0.2, 0.25) is 0 Å². The fourth-order valence-corrected chi connectivity index (χ4v) is 3.38. The van der Waals surface area contributed by atoms with Crippen molar-refractivity contribution in [2.45, 2.75) is 44.1 Å². The Kier molecular flexibility index (Phi) is 4.86. The van der Waals surface area contributed by atoms with E-state index in [1.807, 2.05) is 0 Å². The molecule has 1 saturated heterocycles. The Balaban J connectivity index is 1.91. The molecule has 0 radical (unpaired) electrons. The van der Waals surface area contributed by atoms with Gasteiger partial charge in [0.15, 0.2) is 0 Å². The van der Waals surface area contributed by atoms with E-state index in [1.165, 1.54) is 0 Å². The molecule has 0 aromatic heterocycles. The first kappa shape index (κ1) is 15.1. The van der Waals surface area contributed by atoms with Crippen molar-refractivity contribution in [2.75, 3.05) is 26.8 Å². The SMILES string of the molecule is COCC1CCN(C(=O)NC2(CC(=O)O)CCCC2)C1. The number of hydrogen-bond acceptors (Lipinski definition) is 3. The van der Waals surface area contributed by atoms with E-state index in [0.29, 0.717) is 19.1 Å². The lowest BCUT2D eigenvalue weighted by Gasteiger charge is -2.31. The molecule has 1 heterocycles. The van der Waals surface area contributed by atoms with E-state index in [0.717, 1.165) is 38.6 Å². The minimum Gasteiger partial charge on any atom is -0.481 e. The summed E-state index contributed by atoms with van der Waals surface area (Å²) < 4.78 is 5.12. The summed E-state index contributed by atoms with van der Waals surface area (Å²) in [5.41, 5.74) is -0.539. The summed E-state index contributed by atoms with van der Waals surface area (Å²) in [6.07, 6.45) is 4.47. The van der Waals surface area contributed by atoms with Crippen LogP contribution < -0.4 is 5.32 Å². The number of carboxylic acid groups (broad SMARTS) is 1. The topological polar surface area (TPSA) is 78.9 Å². The van der Waals surface area contributed by atoms with Crippen LogP contribution in [0.4, 0.5) is 4.79 Å². The van der Waals surface area contributed by atoms with Gasteiger partial charge in [0, 0.05) is 26.1 Å². The highest BCUT2D eigenvalue weighted by Gasteiger charge is 2.39. The zero-order valence-corrected chi connectivity index (χ0v) is 12.1. The summed E-state index contributed by atoms with van der Waals surface area (Å²) >= 11 is 0. The molecule has 0 aromatic carbocycles. The molecule has 2 rings (SSSR count). The molecule has 1 aliphatic carbocycles. The van der Waals surface area contributed by atoms with E-state index >= 15 is 0 Å². The van der Waals surface area contributed by atoms with E-state index in [1.54, 1.807) is 12.0 Å². The molecule has 2 fully saturated rings. The van der Waals surface area contributed by atoms with E-state index in [4.69, 9.17) is 9.84 Å². The maximum Gasteiger partial charge on any atom is 0.317 e. The minimum atomic E-state index is -0.842. The number of carbonyl (C=O) groups excluding carboxylic acids is 1. The van der Waals surface area contributed by atoms with Crippen molar-refractivity contribution in [3.8, 4) is 0 Å². The second-order valence-electron chi connectivity index (χ2n) is 6.04. The first-order chi connectivity index (χ1) is 9.54. The van der Waals surface area contributed by atoms with Gasteiger partial charge in [-0.25, -0.2) is 4.79 Å². The number of aliphatic carboxylic acids is 1. The van der Waals surface area contributed by atoms with Crippen LogP contribution in [0.1, 0.15) is 38.5 Å². The number of hydrogen-bond donors (Lipinski definition) is 2. The molecule has 1 saturated carbocycles. The fraction of sp³-hybridized carbons (Fsp3) is 0.857. The summed E-state index contributed by atoms with van der Waals surface area (Å²) in [7, 11) is 1.67. The maximum absolute atomic E-state index is 12.3. The summed E-state index contributed by atoms with van der Waals surface area (Å²) in [5.74, 6) is -0.448. The molecule has 2 amide bonds. The molecule has 0 spiro atoms. The average Bonchev–Trinajstić information content (AvgIpc) is 2.98. The van der Waals surface area contributed by atoms with Gasteiger partial charge in [-0.15, -0.1) is 0 Å². The van der Waals surface area contributed by atoms with Gasteiger partial charge in [0.1, 0.15) is 0 Å². The van der Waals surface area contributed by atoms with Crippen LogP contribution in [0.25, 0.3) is 0 Å². The second-order valence-corrected chi connectivity index (χ2v) is 6.04. The number of ether oxygens (including phenoxy) is 1. The minimum absolute atomic E-state index is 0.0219. The van der Waals surface area contributed by atoms with E-state index in [-0.39, 0.29) is 12.5 Å². The van der Waals surface area contributed by atoms with Gasteiger partial charge >= 0.3 is 12.0 Å². The van der Waals surface area contributed by atoms with Crippen LogP contribution in [0.3, 0.4) is 0 Å². The number of likely N-dealkylation sites (tertiary alicyclic amines) is 1. The number of nitrogens with one attached hydrogen (secondary N) is 1. The first-order valence-electron chi connectivity index (χ1n) is 7.32. The molecule has 0 bridgehead atoms. The van der Waals surface area contributed by atoms with Crippen molar-refractivity contribution >= 4 is 12.0 Å². The maximum atomic E-state index is 12.3. The Morgan fingerprint density at radius 3 is 2.70 bits per heavy atom. The normalized spacial score (nSPS) is 24.9. The number of rotatable bonds is 5. The highest BCUT2D eigenvalue weighted by molar-refractivity contribution is 5.77. The lowest BCUT2D eigenvalue weighted by molar-refractivity contribution is -0.138. The van der Waals surface area contributed by atoms with Crippen LogP contribution in [-0.4, -0.2) is 54.4 Å². The van der Waals surface area contributed by atoms with Gasteiger partial charge in [0.25, 0.3) is 0 Å². The molecule has 2 aliphatic rings. The van der Waals surface area contributed by atoms with E-state index in [9.17, 15) is 9.59 Å². The Bertz CT molecular complexity index is 366. The molecular weight excluding hydrogens is 260 g/mol. The molecule has 0 aromatic rings. The van der Waals surface area contributed by atoms with Crippen molar-refractivity contribution in [3.63, 3.8) is 0 Å². The molecule has 6 nitrogen and oxygen atoms in total. The van der Waals surface area contributed by atoms with Crippen molar-refractivity contribution < 1.29 is 19.4 Å². The third-order valence-electron chi connectivity index (χ3n) is 4.40. The van der Waals surface area contributed by atoms with E-state index in [2.05, 4.69) is 5.32 Å². The fourth-order valence-electron chi connectivity index (χ4n) is 3.38. The Morgan fingerprint density at radius 2 is 2.10 bits per heavy atom. The quantitative estimate of drug-likeness (QED) is 0.801. The lowest BCUT2D eigenvalue weighted by Crippen LogP contribution is -2.52. The van der Waals surface area contributed by atoms with Gasteiger partial charge in [-0.05, 0) is 19.3 Å². The predicted octanol–water partition coefficient (Wildman–Crippen LogP) is 1.45. The highest BCUT2D eigenvalue weighted by Crippen LogP contribution is 2.33. The van der Waals surface area contributed by atoms with Gasteiger partial charge in [-0.3, -0.25) is 4.79 Å². The Morgan fingerprint density at radius 1 is 1.40 bits per heavy atom. The zero-order chi connectivity index (χ0) is 14.6. The number of amides is 2. The van der Waals surface area contributed by atoms with Gasteiger partial charge in [0.2, 0.25) is 0 Å². The standard InChI is InChI=1S/C14H24N2O4/c1-20-10-11-4-7-16(9-11)13(19)15-14(8-12(17)18)5-2-3-6-14/h11H,2-10H2,1H3,(H,15,19)(H,17,18). The van der Waals surface area contributed by atoms with Crippen LogP contribution >= 0.6 is 0 Å². The smallest absolute Gasteiger partial charge is 0.317 e. The summed E-state index contributed by atoms with van der Waals surface area (Å²) in [6.45, 7) is 2.09. The largest absolute Gasteiger partial charge is 0.481 e. The molecule has 1 atom stereocenters. The molecule has 2 N–H and O–H groups in total. The number of carbonyl (C=O) groups is 2. The molecule has 1 aliphatic heterocycles. The highest BCUT2D eigenvalue weighted by atomic mass is 16.5. The predicted molar refractivity (Wildman–Crippen MR) is 73.5 cm³/mol. The zero-order valence-electron chi connectivity index (χ0n) is 12.1. The van der Waals surface area contributed by atoms with Crippen LogP contribution in [-0.2, 0) is 9.53 Å². The number of nitrogens with zero attached hydrogens (tertiary/aromatic N) is 1. The number of methoxy groups -OCH3 is 1. The molecule has 1 unspecified atom stereocenters. The molecular formula is C14H24N2O4. The van der Waals surface area contributed by atoms with Gasteiger partial charge in [-0.2, -0.15) is 0 Å². The molecule has 114 valence electrons. The third kappa shape index (κ3) is 3.62. The number of urea groups is 1. The van der Waals surface area contributed by atoms with Crippen LogP contribution in [0.15, 0.2) is 0 Å². The van der Waals surface area contributed by atoms with Gasteiger partial charge < -0.3 is 20.1 Å².